The third-order valence-electron chi connectivity index (χ3n) is 3.46. The Morgan fingerprint density at radius 1 is 1.29 bits per heavy atom. The zero-order valence-electron chi connectivity index (χ0n) is 11.5. The molecule has 17 heavy (non-hydrogen) atoms. The number of carboxylic acids is 1. The van der Waals surface area contributed by atoms with Crippen molar-refractivity contribution < 1.29 is 9.90 Å². The Hall–Kier alpha value is -0.610. The molecule has 4 heteroatoms. The Morgan fingerprint density at radius 3 is 2.29 bits per heavy atom. The van der Waals surface area contributed by atoms with Crippen molar-refractivity contribution in [3.05, 3.63) is 0 Å². The van der Waals surface area contributed by atoms with Crippen LogP contribution in [0.2, 0.25) is 0 Å². The molecule has 0 amide bonds. The van der Waals surface area contributed by atoms with E-state index in [0.29, 0.717) is 5.92 Å². The molecular weight excluding hydrogens is 216 g/mol. The molecule has 1 aliphatic carbocycles. The van der Waals surface area contributed by atoms with Gasteiger partial charge in [0.05, 0.1) is 5.92 Å². The lowest BCUT2D eigenvalue weighted by molar-refractivity contribution is -0.149. The van der Waals surface area contributed by atoms with E-state index in [1.165, 1.54) is 0 Å². The minimum Gasteiger partial charge on any atom is -0.481 e. The van der Waals surface area contributed by atoms with Gasteiger partial charge in [-0.25, -0.2) is 0 Å². The van der Waals surface area contributed by atoms with Crippen LogP contribution >= 0.6 is 0 Å². The van der Waals surface area contributed by atoms with Gasteiger partial charge < -0.3 is 10.0 Å². The van der Waals surface area contributed by atoms with Crippen LogP contribution in [-0.2, 0) is 4.79 Å². The monoisotopic (exact) mass is 242 g/mol. The molecule has 1 saturated carbocycles. The fourth-order valence-electron chi connectivity index (χ4n) is 2.40. The number of rotatable bonds is 7. The topological polar surface area (TPSA) is 43.8 Å². The van der Waals surface area contributed by atoms with Crippen LogP contribution in [0.4, 0.5) is 0 Å². The quantitative estimate of drug-likeness (QED) is 0.732. The molecule has 1 fully saturated rings. The minimum atomic E-state index is -0.625. The highest BCUT2D eigenvalue weighted by Crippen LogP contribution is 2.32. The van der Waals surface area contributed by atoms with Gasteiger partial charge >= 0.3 is 5.97 Å². The predicted octanol–water partition coefficient (Wildman–Crippen LogP) is 1.37. The maximum Gasteiger partial charge on any atom is 0.308 e. The standard InChI is InChI=1S/C13H26N2O2/c1-10(2)9-15(8-7-14(3)4)12-6-5-11(12)13(16)17/h10-12H,5-9H2,1-4H3,(H,16,17). The molecule has 2 atom stereocenters. The van der Waals surface area contributed by atoms with E-state index in [4.69, 9.17) is 5.11 Å². The van der Waals surface area contributed by atoms with Crippen LogP contribution < -0.4 is 0 Å². The highest BCUT2D eigenvalue weighted by atomic mass is 16.4. The molecule has 0 heterocycles. The molecule has 2 unspecified atom stereocenters. The Morgan fingerprint density at radius 2 is 1.94 bits per heavy atom. The number of aliphatic carboxylic acids is 1. The van der Waals surface area contributed by atoms with Gasteiger partial charge in [-0.2, -0.15) is 0 Å². The van der Waals surface area contributed by atoms with E-state index in [-0.39, 0.29) is 12.0 Å². The third-order valence-corrected chi connectivity index (χ3v) is 3.46. The van der Waals surface area contributed by atoms with Crippen LogP contribution in [0.15, 0.2) is 0 Å². The molecule has 0 aromatic rings. The van der Waals surface area contributed by atoms with Gasteiger partial charge in [-0.05, 0) is 32.9 Å². The average molecular weight is 242 g/mol. The Kier molecular flexibility index (Phi) is 5.40. The summed E-state index contributed by atoms with van der Waals surface area (Å²) in [5.74, 6) is -0.178. The molecular formula is C13H26N2O2. The first-order valence-corrected chi connectivity index (χ1v) is 6.53. The number of carboxylic acid groups (broad SMARTS) is 1. The molecule has 4 nitrogen and oxygen atoms in total. The summed E-state index contributed by atoms with van der Waals surface area (Å²) in [6.45, 7) is 7.35. The molecule has 1 aliphatic rings. The summed E-state index contributed by atoms with van der Waals surface area (Å²) in [5, 5.41) is 9.13. The number of hydrogen-bond acceptors (Lipinski definition) is 3. The molecule has 0 spiro atoms. The average Bonchev–Trinajstić information content (AvgIpc) is 2.10. The van der Waals surface area contributed by atoms with Crippen LogP contribution in [0, 0.1) is 11.8 Å². The molecule has 100 valence electrons. The molecule has 0 bridgehead atoms. The lowest BCUT2D eigenvalue weighted by Gasteiger charge is -2.43. The second kappa shape index (κ2) is 6.36. The zero-order chi connectivity index (χ0) is 13.0. The van der Waals surface area contributed by atoms with Gasteiger partial charge in [0.15, 0.2) is 0 Å². The van der Waals surface area contributed by atoms with Crippen LogP contribution in [0.25, 0.3) is 0 Å². The van der Waals surface area contributed by atoms with E-state index >= 15 is 0 Å². The summed E-state index contributed by atoms with van der Waals surface area (Å²) < 4.78 is 0. The van der Waals surface area contributed by atoms with Gasteiger partial charge in [-0.1, -0.05) is 13.8 Å². The second-order valence-corrected chi connectivity index (χ2v) is 5.78. The fourth-order valence-corrected chi connectivity index (χ4v) is 2.40. The minimum absolute atomic E-state index is 0.143. The first-order chi connectivity index (χ1) is 7.91. The highest BCUT2D eigenvalue weighted by Gasteiger charge is 2.40. The summed E-state index contributed by atoms with van der Waals surface area (Å²) >= 11 is 0. The van der Waals surface area contributed by atoms with Crippen molar-refractivity contribution in [2.75, 3.05) is 33.7 Å². The van der Waals surface area contributed by atoms with E-state index < -0.39 is 5.97 Å². The molecule has 0 radical (unpaired) electrons. The summed E-state index contributed by atoms with van der Waals surface area (Å²) in [6, 6.07) is 0.259. The predicted molar refractivity (Wildman–Crippen MR) is 69.1 cm³/mol. The van der Waals surface area contributed by atoms with E-state index in [9.17, 15) is 4.79 Å². The zero-order valence-corrected chi connectivity index (χ0v) is 11.5. The van der Waals surface area contributed by atoms with Crippen molar-refractivity contribution in [1.82, 2.24) is 9.80 Å². The lowest BCUT2D eigenvalue weighted by Crippen LogP contribution is -2.52. The van der Waals surface area contributed by atoms with Crippen LogP contribution in [-0.4, -0.2) is 60.6 Å². The number of likely N-dealkylation sites (N-methyl/N-ethyl adjacent to an activating group) is 1. The number of hydrogen-bond donors (Lipinski definition) is 1. The third kappa shape index (κ3) is 4.28. The molecule has 0 aromatic carbocycles. The van der Waals surface area contributed by atoms with Crippen molar-refractivity contribution >= 4 is 5.97 Å². The van der Waals surface area contributed by atoms with Crippen molar-refractivity contribution in [2.24, 2.45) is 11.8 Å². The van der Waals surface area contributed by atoms with Crippen LogP contribution in [0.5, 0.6) is 0 Å². The summed E-state index contributed by atoms with van der Waals surface area (Å²) in [5.41, 5.74) is 0. The fraction of sp³-hybridized carbons (Fsp3) is 0.923. The van der Waals surface area contributed by atoms with Gasteiger partial charge in [0.25, 0.3) is 0 Å². The Balaban J connectivity index is 2.53. The number of nitrogens with zero attached hydrogens (tertiary/aromatic N) is 2. The highest BCUT2D eigenvalue weighted by molar-refractivity contribution is 5.72. The van der Waals surface area contributed by atoms with Crippen molar-refractivity contribution in [2.45, 2.75) is 32.7 Å². The van der Waals surface area contributed by atoms with Gasteiger partial charge in [0.2, 0.25) is 0 Å². The van der Waals surface area contributed by atoms with Gasteiger partial charge in [0.1, 0.15) is 0 Å². The maximum absolute atomic E-state index is 11.1. The van der Waals surface area contributed by atoms with Gasteiger partial charge in [-0.15, -0.1) is 0 Å². The maximum atomic E-state index is 11.1. The Bertz CT molecular complexity index is 254. The van der Waals surface area contributed by atoms with Crippen molar-refractivity contribution in [3.8, 4) is 0 Å². The SMILES string of the molecule is CC(C)CN(CCN(C)C)C1CCC1C(=O)O. The molecule has 0 aromatic heterocycles. The van der Waals surface area contributed by atoms with E-state index in [1.807, 2.05) is 0 Å². The smallest absolute Gasteiger partial charge is 0.308 e. The van der Waals surface area contributed by atoms with E-state index in [0.717, 1.165) is 32.5 Å². The van der Waals surface area contributed by atoms with Crippen LogP contribution in [0.3, 0.4) is 0 Å². The molecule has 0 aliphatic heterocycles. The summed E-state index contributed by atoms with van der Waals surface area (Å²) in [7, 11) is 4.12. The van der Waals surface area contributed by atoms with E-state index in [1.54, 1.807) is 0 Å². The number of carbonyl (C=O) groups is 1. The van der Waals surface area contributed by atoms with Gasteiger partial charge in [-0.3, -0.25) is 9.69 Å². The molecule has 1 rings (SSSR count). The normalized spacial score (nSPS) is 24.4. The summed E-state index contributed by atoms with van der Waals surface area (Å²) in [4.78, 5) is 15.6. The van der Waals surface area contributed by atoms with Gasteiger partial charge in [0, 0.05) is 25.7 Å². The molecule has 1 N–H and O–H groups in total. The first-order valence-electron chi connectivity index (χ1n) is 6.53. The van der Waals surface area contributed by atoms with Crippen molar-refractivity contribution in [3.63, 3.8) is 0 Å². The summed E-state index contributed by atoms with van der Waals surface area (Å²) in [6.07, 6.45) is 1.88. The lowest BCUT2D eigenvalue weighted by atomic mass is 9.78. The Labute approximate surface area is 105 Å². The molecule has 0 saturated heterocycles. The largest absolute Gasteiger partial charge is 0.481 e. The second-order valence-electron chi connectivity index (χ2n) is 5.78. The van der Waals surface area contributed by atoms with E-state index in [2.05, 4.69) is 37.7 Å². The first kappa shape index (κ1) is 14.5. The van der Waals surface area contributed by atoms with Crippen molar-refractivity contribution in [1.29, 1.82) is 0 Å². The van der Waals surface area contributed by atoms with Crippen LogP contribution in [0.1, 0.15) is 26.7 Å².